The van der Waals surface area contributed by atoms with Gasteiger partial charge in [-0.3, -0.25) is 0 Å². The molecule has 0 radical (unpaired) electrons. The molecule has 0 aromatic heterocycles. The molecule has 0 amide bonds. The molecule has 0 aliphatic carbocycles. The number of aliphatic hydroxyl groups excluding tert-OH is 1. The second-order valence-electron chi connectivity index (χ2n) is 4.41. The molecule has 0 aromatic rings. The van der Waals surface area contributed by atoms with E-state index in [4.69, 9.17) is 19.3 Å². The zero-order chi connectivity index (χ0) is 10.9. The Labute approximate surface area is 90.5 Å². The Balaban J connectivity index is 2.06. The van der Waals surface area contributed by atoms with Crippen LogP contribution in [-0.2, 0) is 14.2 Å². The third-order valence-electron chi connectivity index (χ3n) is 3.49. The van der Waals surface area contributed by atoms with Gasteiger partial charge in [-0.2, -0.15) is 0 Å². The third kappa shape index (κ3) is 1.91. The Morgan fingerprint density at radius 2 is 2.33 bits per heavy atom. The van der Waals surface area contributed by atoms with E-state index in [9.17, 15) is 0 Å². The van der Waals surface area contributed by atoms with Crippen LogP contribution in [0.1, 0.15) is 32.6 Å². The quantitative estimate of drug-likeness (QED) is 0.763. The summed E-state index contributed by atoms with van der Waals surface area (Å²) in [4.78, 5) is 0. The molecule has 2 saturated heterocycles. The van der Waals surface area contributed by atoms with Crippen molar-refractivity contribution in [3.05, 3.63) is 0 Å². The van der Waals surface area contributed by atoms with Crippen molar-refractivity contribution in [2.75, 3.05) is 13.7 Å². The van der Waals surface area contributed by atoms with Gasteiger partial charge in [0.05, 0.1) is 12.2 Å². The monoisotopic (exact) mass is 216 g/mol. The predicted molar refractivity (Wildman–Crippen MR) is 54.5 cm³/mol. The molecule has 2 aliphatic heterocycles. The summed E-state index contributed by atoms with van der Waals surface area (Å²) < 4.78 is 17.3. The van der Waals surface area contributed by atoms with Gasteiger partial charge in [-0.1, -0.05) is 0 Å². The SMILES string of the molecule is COC12CCC(O1)C(C)OC2CCCO. The van der Waals surface area contributed by atoms with Crippen molar-refractivity contribution in [3.63, 3.8) is 0 Å². The molecule has 2 rings (SSSR count). The minimum atomic E-state index is -0.549. The summed E-state index contributed by atoms with van der Waals surface area (Å²) in [5.41, 5.74) is 0. The van der Waals surface area contributed by atoms with Gasteiger partial charge in [0.2, 0.25) is 0 Å². The van der Waals surface area contributed by atoms with E-state index in [0.717, 1.165) is 25.7 Å². The summed E-state index contributed by atoms with van der Waals surface area (Å²) >= 11 is 0. The van der Waals surface area contributed by atoms with Gasteiger partial charge in [0.25, 0.3) is 0 Å². The average Bonchev–Trinajstić information content (AvgIpc) is 2.64. The second kappa shape index (κ2) is 4.37. The first-order valence-electron chi connectivity index (χ1n) is 5.71. The summed E-state index contributed by atoms with van der Waals surface area (Å²) in [6.07, 6.45) is 3.70. The normalized spacial score (nSPS) is 44.6. The maximum Gasteiger partial charge on any atom is 0.194 e. The van der Waals surface area contributed by atoms with E-state index < -0.39 is 5.79 Å². The lowest BCUT2D eigenvalue weighted by molar-refractivity contribution is -0.327. The van der Waals surface area contributed by atoms with Crippen LogP contribution in [0.3, 0.4) is 0 Å². The molecular formula is C11H20O4. The fourth-order valence-corrected chi connectivity index (χ4v) is 2.58. The van der Waals surface area contributed by atoms with Crippen LogP contribution in [0, 0.1) is 0 Å². The fourth-order valence-electron chi connectivity index (χ4n) is 2.58. The molecule has 88 valence electrons. The largest absolute Gasteiger partial charge is 0.396 e. The van der Waals surface area contributed by atoms with E-state index in [1.807, 2.05) is 6.92 Å². The van der Waals surface area contributed by atoms with E-state index in [1.54, 1.807) is 7.11 Å². The highest BCUT2D eigenvalue weighted by Crippen LogP contribution is 2.43. The molecule has 4 atom stereocenters. The number of aliphatic hydroxyl groups is 1. The van der Waals surface area contributed by atoms with Crippen molar-refractivity contribution in [1.82, 2.24) is 0 Å². The standard InChI is InChI=1S/C11H20O4/c1-8-9-5-6-11(13-2,15-9)10(14-8)4-3-7-12/h8-10,12H,3-7H2,1-2H3. The van der Waals surface area contributed by atoms with Gasteiger partial charge in [-0.25, -0.2) is 0 Å². The van der Waals surface area contributed by atoms with Gasteiger partial charge in [0.1, 0.15) is 6.10 Å². The smallest absolute Gasteiger partial charge is 0.194 e. The van der Waals surface area contributed by atoms with Gasteiger partial charge < -0.3 is 19.3 Å². The van der Waals surface area contributed by atoms with E-state index in [1.165, 1.54) is 0 Å². The Hall–Kier alpha value is -0.160. The summed E-state index contributed by atoms with van der Waals surface area (Å²) in [6, 6.07) is 0. The van der Waals surface area contributed by atoms with Crippen LogP contribution in [-0.4, -0.2) is 42.9 Å². The molecule has 4 unspecified atom stereocenters. The van der Waals surface area contributed by atoms with Gasteiger partial charge in [0, 0.05) is 20.1 Å². The number of hydrogen-bond acceptors (Lipinski definition) is 4. The van der Waals surface area contributed by atoms with Crippen molar-refractivity contribution in [2.45, 2.75) is 56.7 Å². The van der Waals surface area contributed by atoms with E-state index in [-0.39, 0.29) is 24.9 Å². The molecular weight excluding hydrogens is 196 g/mol. The highest BCUT2D eigenvalue weighted by molar-refractivity contribution is 4.95. The Morgan fingerprint density at radius 1 is 1.53 bits per heavy atom. The Morgan fingerprint density at radius 3 is 3.00 bits per heavy atom. The average molecular weight is 216 g/mol. The van der Waals surface area contributed by atoms with Crippen LogP contribution in [0.15, 0.2) is 0 Å². The highest BCUT2D eigenvalue weighted by atomic mass is 16.7. The van der Waals surface area contributed by atoms with Crippen molar-refractivity contribution >= 4 is 0 Å². The minimum Gasteiger partial charge on any atom is -0.396 e. The topological polar surface area (TPSA) is 47.9 Å². The first-order chi connectivity index (χ1) is 7.22. The number of ether oxygens (including phenoxy) is 3. The Kier molecular flexibility index (Phi) is 3.30. The second-order valence-corrected chi connectivity index (χ2v) is 4.41. The molecule has 0 spiro atoms. The van der Waals surface area contributed by atoms with Crippen molar-refractivity contribution < 1.29 is 19.3 Å². The van der Waals surface area contributed by atoms with Crippen LogP contribution in [0.4, 0.5) is 0 Å². The van der Waals surface area contributed by atoms with Crippen molar-refractivity contribution in [2.24, 2.45) is 0 Å². The first-order valence-corrected chi connectivity index (χ1v) is 5.71. The van der Waals surface area contributed by atoms with Crippen LogP contribution in [0.25, 0.3) is 0 Å². The molecule has 0 saturated carbocycles. The fraction of sp³-hybridized carbons (Fsp3) is 1.00. The van der Waals surface area contributed by atoms with E-state index >= 15 is 0 Å². The number of fused-ring (bicyclic) bond motifs is 2. The molecule has 2 aliphatic rings. The molecule has 1 N–H and O–H groups in total. The van der Waals surface area contributed by atoms with Crippen LogP contribution in [0.2, 0.25) is 0 Å². The minimum absolute atomic E-state index is 0.0385. The summed E-state index contributed by atoms with van der Waals surface area (Å²) in [5, 5.41) is 8.85. The van der Waals surface area contributed by atoms with Gasteiger partial charge in [0.15, 0.2) is 5.79 Å². The lowest BCUT2D eigenvalue weighted by Gasteiger charge is -2.42. The van der Waals surface area contributed by atoms with Crippen LogP contribution < -0.4 is 0 Å². The summed E-state index contributed by atoms with van der Waals surface area (Å²) in [7, 11) is 1.67. The zero-order valence-corrected chi connectivity index (χ0v) is 9.44. The first kappa shape index (κ1) is 11.3. The van der Waals surface area contributed by atoms with Crippen LogP contribution in [0.5, 0.6) is 0 Å². The molecule has 0 aromatic carbocycles. The maximum atomic E-state index is 8.85. The molecule has 2 fully saturated rings. The van der Waals surface area contributed by atoms with Crippen molar-refractivity contribution in [3.8, 4) is 0 Å². The number of hydrogen-bond donors (Lipinski definition) is 1. The van der Waals surface area contributed by atoms with Gasteiger partial charge in [-0.05, 0) is 26.2 Å². The summed E-state index contributed by atoms with van der Waals surface area (Å²) in [5.74, 6) is -0.549. The van der Waals surface area contributed by atoms with Gasteiger partial charge >= 0.3 is 0 Å². The maximum absolute atomic E-state index is 8.85. The highest BCUT2D eigenvalue weighted by Gasteiger charge is 2.53. The third-order valence-corrected chi connectivity index (χ3v) is 3.49. The molecule has 2 bridgehead atoms. The zero-order valence-electron chi connectivity index (χ0n) is 9.44. The number of rotatable bonds is 4. The lowest BCUT2D eigenvalue weighted by Crippen LogP contribution is -2.53. The van der Waals surface area contributed by atoms with Gasteiger partial charge in [-0.15, -0.1) is 0 Å². The molecule has 4 nitrogen and oxygen atoms in total. The van der Waals surface area contributed by atoms with Crippen molar-refractivity contribution in [1.29, 1.82) is 0 Å². The lowest BCUT2D eigenvalue weighted by atomic mass is 10.0. The molecule has 4 heteroatoms. The van der Waals surface area contributed by atoms with Crippen LogP contribution >= 0.6 is 0 Å². The van der Waals surface area contributed by atoms with E-state index in [0.29, 0.717) is 0 Å². The Bertz CT molecular complexity index is 221. The summed E-state index contributed by atoms with van der Waals surface area (Å²) in [6.45, 7) is 2.24. The van der Waals surface area contributed by atoms with E-state index in [2.05, 4.69) is 0 Å². The number of methoxy groups -OCH3 is 1. The molecule has 15 heavy (non-hydrogen) atoms. The molecule has 2 heterocycles. The predicted octanol–water partition coefficient (Wildman–Crippen LogP) is 1.07.